The number of aliphatic hydroxyl groups excluding tert-OH is 4. The molecule has 0 spiro atoms. The molecular formula is C12H22O5S. The Hall–Kier alpha value is -0.140. The van der Waals surface area contributed by atoms with Crippen LogP contribution >= 0.6 is 11.8 Å². The summed E-state index contributed by atoms with van der Waals surface area (Å²) in [7, 11) is 0. The van der Waals surface area contributed by atoms with Gasteiger partial charge in [0.2, 0.25) is 0 Å². The second kappa shape index (κ2) is 8.12. The van der Waals surface area contributed by atoms with Crippen molar-refractivity contribution in [3.05, 3.63) is 0 Å². The minimum Gasteiger partial charge on any atom is -0.395 e. The Kier molecular flexibility index (Phi) is 7.18. The summed E-state index contributed by atoms with van der Waals surface area (Å²) in [6.07, 6.45) is 1.54. The Balaban J connectivity index is 2.37. The smallest absolute Gasteiger partial charge is 0.119 e. The molecule has 1 aliphatic rings. The van der Waals surface area contributed by atoms with E-state index in [1.165, 1.54) is 11.8 Å². The summed E-state index contributed by atoms with van der Waals surface area (Å²) in [4.78, 5) is 10.1. The van der Waals surface area contributed by atoms with Crippen molar-refractivity contribution in [2.75, 3.05) is 6.61 Å². The van der Waals surface area contributed by atoms with Crippen molar-refractivity contribution in [2.24, 2.45) is 0 Å². The van der Waals surface area contributed by atoms with E-state index in [2.05, 4.69) is 0 Å². The van der Waals surface area contributed by atoms with Crippen molar-refractivity contribution in [1.29, 1.82) is 0 Å². The van der Waals surface area contributed by atoms with Crippen LogP contribution in [0.25, 0.3) is 0 Å². The SMILES string of the molecule is O=CCCCCC[C@H]1S[C@@H](CO)[C@H](O)[C@H](O)[C@H]1O. The van der Waals surface area contributed by atoms with Gasteiger partial charge in [-0.1, -0.05) is 12.8 Å². The van der Waals surface area contributed by atoms with E-state index in [9.17, 15) is 20.1 Å². The van der Waals surface area contributed by atoms with Gasteiger partial charge in [-0.25, -0.2) is 0 Å². The highest BCUT2D eigenvalue weighted by atomic mass is 32.2. The van der Waals surface area contributed by atoms with Gasteiger partial charge in [-0.3, -0.25) is 0 Å². The zero-order chi connectivity index (χ0) is 13.5. The van der Waals surface area contributed by atoms with Crippen LogP contribution in [0.3, 0.4) is 0 Å². The van der Waals surface area contributed by atoms with E-state index in [1.807, 2.05) is 0 Å². The second-order valence-corrected chi connectivity index (χ2v) is 6.16. The maximum absolute atomic E-state index is 10.1. The Morgan fingerprint density at radius 3 is 2.22 bits per heavy atom. The van der Waals surface area contributed by atoms with Crippen LogP contribution in [0.5, 0.6) is 0 Å². The van der Waals surface area contributed by atoms with Crippen LogP contribution < -0.4 is 0 Å². The van der Waals surface area contributed by atoms with Crippen LogP contribution in [0.2, 0.25) is 0 Å². The zero-order valence-electron chi connectivity index (χ0n) is 10.3. The van der Waals surface area contributed by atoms with Crippen molar-refractivity contribution in [2.45, 2.75) is 60.9 Å². The quantitative estimate of drug-likeness (QED) is 0.377. The van der Waals surface area contributed by atoms with Gasteiger partial charge >= 0.3 is 0 Å². The van der Waals surface area contributed by atoms with Gasteiger partial charge in [0.15, 0.2) is 0 Å². The van der Waals surface area contributed by atoms with Gasteiger partial charge in [0.1, 0.15) is 12.4 Å². The molecule has 0 saturated carbocycles. The molecule has 0 bridgehead atoms. The predicted octanol–water partition coefficient (Wildman–Crippen LogP) is -0.305. The lowest BCUT2D eigenvalue weighted by Crippen LogP contribution is -2.53. The maximum Gasteiger partial charge on any atom is 0.119 e. The first-order chi connectivity index (χ1) is 8.61. The molecule has 0 unspecified atom stereocenters. The maximum atomic E-state index is 10.1. The Morgan fingerprint density at radius 1 is 0.944 bits per heavy atom. The molecule has 0 amide bonds. The van der Waals surface area contributed by atoms with Crippen molar-refractivity contribution >= 4 is 18.0 Å². The lowest BCUT2D eigenvalue weighted by Gasteiger charge is -2.39. The van der Waals surface area contributed by atoms with E-state index in [0.717, 1.165) is 25.5 Å². The van der Waals surface area contributed by atoms with Gasteiger partial charge in [0.25, 0.3) is 0 Å². The first-order valence-electron chi connectivity index (χ1n) is 6.36. The lowest BCUT2D eigenvalue weighted by molar-refractivity contribution is -0.107. The largest absolute Gasteiger partial charge is 0.395 e. The van der Waals surface area contributed by atoms with Gasteiger partial charge in [0, 0.05) is 11.7 Å². The fraction of sp³-hybridized carbons (Fsp3) is 0.917. The molecule has 106 valence electrons. The number of hydrogen-bond acceptors (Lipinski definition) is 6. The van der Waals surface area contributed by atoms with Gasteiger partial charge in [-0.15, -0.1) is 11.8 Å². The number of hydrogen-bond donors (Lipinski definition) is 4. The average molecular weight is 278 g/mol. The molecule has 1 heterocycles. The van der Waals surface area contributed by atoms with Crippen molar-refractivity contribution < 1.29 is 25.2 Å². The molecule has 1 fully saturated rings. The highest BCUT2D eigenvalue weighted by molar-refractivity contribution is 8.00. The molecule has 5 nitrogen and oxygen atoms in total. The number of rotatable bonds is 7. The number of thioether (sulfide) groups is 1. The number of carbonyl (C=O) groups excluding carboxylic acids is 1. The molecular weight excluding hydrogens is 256 g/mol. The normalized spacial score (nSPS) is 36.6. The van der Waals surface area contributed by atoms with E-state index >= 15 is 0 Å². The third kappa shape index (κ3) is 4.20. The summed E-state index contributed by atoms with van der Waals surface area (Å²) in [6.45, 7) is -0.211. The summed E-state index contributed by atoms with van der Waals surface area (Å²) < 4.78 is 0. The van der Waals surface area contributed by atoms with Crippen LogP contribution in [-0.2, 0) is 4.79 Å². The first-order valence-corrected chi connectivity index (χ1v) is 7.30. The van der Waals surface area contributed by atoms with E-state index in [4.69, 9.17) is 5.11 Å². The Labute approximate surface area is 111 Å². The third-order valence-corrected chi connectivity index (χ3v) is 4.94. The molecule has 4 N–H and O–H groups in total. The molecule has 18 heavy (non-hydrogen) atoms. The predicted molar refractivity (Wildman–Crippen MR) is 69.4 cm³/mol. The second-order valence-electron chi connectivity index (χ2n) is 4.67. The molecule has 0 aromatic carbocycles. The summed E-state index contributed by atoms with van der Waals surface area (Å²) in [5, 5.41) is 37.7. The van der Waals surface area contributed by atoms with Crippen LogP contribution in [0.4, 0.5) is 0 Å². The summed E-state index contributed by atoms with van der Waals surface area (Å²) >= 11 is 1.34. The van der Waals surface area contributed by atoms with E-state index < -0.39 is 23.6 Å². The fourth-order valence-corrected chi connectivity index (χ4v) is 3.65. The summed E-state index contributed by atoms with van der Waals surface area (Å²) in [6, 6.07) is 0. The molecule has 6 heteroatoms. The van der Waals surface area contributed by atoms with Gasteiger partial charge < -0.3 is 25.2 Å². The molecule has 5 atom stereocenters. The van der Waals surface area contributed by atoms with E-state index in [1.54, 1.807) is 0 Å². The van der Waals surface area contributed by atoms with Crippen LogP contribution in [-0.4, -0.2) is 62.1 Å². The highest BCUT2D eigenvalue weighted by Crippen LogP contribution is 2.35. The third-order valence-electron chi connectivity index (χ3n) is 3.30. The molecule has 0 aliphatic carbocycles. The Bertz CT molecular complexity index is 249. The van der Waals surface area contributed by atoms with Gasteiger partial charge in [-0.05, 0) is 12.8 Å². The standard InChI is InChI=1S/C12H22O5S/c13-6-4-2-1-3-5-8-10(15)12(17)11(16)9(7-14)18-8/h6,8-12,14-17H,1-5,7H2/t8-,9+,10+,11+,12-/m1/s1. The number of unbranched alkanes of at least 4 members (excludes halogenated alkanes) is 3. The van der Waals surface area contributed by atoms with Gasteiger partial charge in [-0.2, -0.15) is 0 Å². The highest BCUT2D eigenvalue weighted by Gasteiger charge is 2.42. The number of carbonyl (C=O) groups is 1. The van der Waals surface area contributed by atoms with Crippen LogP contribution in [0.1, 0.15) is 32.1 Å². The molecule has 0 aromatic heterocycles. The summed E-state index contributed by atoms with van der Waals surface area (Å²) in [5.74, 6) is 0. The zero-order valence-corrected chi connectivity index (χ0v) is 11.1. The topological polar surface area (TPSA) is 98.0 Å². The van der Waals surface area contributed by atoms with Crippen LogP contribution in [0.15, 0.2) is 0 Å². The Morgan fingerprint density at radius 2 is 1.61 bits per heavy atom. The summed E-state index contributed by atoms with van der Waals surface area (Å²) in [5.41, 5.74) is 0. The van der Waals surface area contributed by atoms with Crippen molar-refractivity contribution in [1.82, 2.24) is 0 Å². The molecule has 1 rings (SSSR count). The fourth-order valence-electron chi connectivity index (χ4n) is 2.17. The molecule has 1 saturated heterocycles. The van der Waals surface area contributed by atoms with E-state index in [0.29, 0.717) is 12.8 Å². The minimum absolute atomic E-state index is 0.170. The van der Waals surface area contributed by atoms with Gasteiger partial charge in [0.05, 0.1) is 24.1 Å². The van der Waals surface area contributed by atoms with E-state index in [-0.39, 0.29) is 11.9 Å². The van der Waals surface area contributed by atoms with Crippen molar-refractivity contribution in [3.63, 3.8) is 0 Å². The monoisotopic (exact) mass is 278 g/mol. The van der Waals surface area contributed by atoms with Crippen molar-refractivity contribution in [3.8, 4) is 0 Å². The average Bonchev–Trinajstić information content (AvgIpc) is 2.38. The minimum atomic E-state index is -1.19. The molecule has 0 radical (unpaired) electrons. The first kappa shape index (κ1) is 15.9. The van der Waals surface area contributed by atoms with Crippen LogP contribution in [0, 0.1) is 0 Å². The molecule has 0 aromatic rings. The number of aliphatic hydroxyl groups is 4. The lowest BCUT2D eigenvalue weighted by atomic mass is 9.98. The number of aldehydes is 1. The molecule has 1 aliphatic heterocycles.